The highest BCUT2D eigenvalue weighted by molar-refractivity contribution is 5.01. The SMILES string of the molecule is CCCc1nc(C2CCNC2)n[nH]1. The minimum Gasteiger partial charge on any atom is -0.316 e. The van der Waals surface area contributed by atoms with Gasteiger partial charge in [-0.3, -0.25) is 5.10 Å². The van der Waals surface area contributed by atoms with E-state index in [-0.39, 0.29) is 0 Å². The molecule has 1 atom stereocenters. The van der Waals surface area contributed by atoms with E-state index in [1.54, 1.807) is 0 Å². The summed E-state index contributed by atoms with van der Waals surface area (Å²) >= 11 is 0. The third-order valence-electron chi connectivity index (χ3n) is 2.46. The van der Waals surface area contributed by atoms with Crippen molar-refractivity contribution in [2.75, 3.05) is 13.1 Å². The quantitative estimate of drug-likeness (QED) is 0.724. The van der Waals surface area contributed by atoms with E-state index in [4.69, 9.17) is 0 Å². The molecule has 4 heteroatoms. The van der Waals surface area contributed by atoms with Crippen molar-refractivity contribution >= 4 is 0 Å². The van der Waals surface area contributed by atoms with Crippen LogP contribution in [0, 0.1) is 0 Å². The fourth-order valence-corrected chi connectivity index (χ4v) is 1.72. The lowest BCUT2D eigenvalue weighted by Gasteiger charge is -1.99. The highest BCUT2D eigenvalue weighted by Crippen LogP contribution is 2.18. The maximum absolute atomic E-state index is 4.48. The number of aromatic amines is 1. The molecule has 1 aromatic heterocycles. The van der Waals surface area contributed by atoms with E-state index in [2.05, 4.69) is 27.4 Å². The second-order valence-electron chi connectivity index (χ2n) is 3.58. The zero-order valence-electron chi connectivity index (χ0n) is 8.01. The summed E-state index contributed by atoms with van der Waals surface area (Å²) in [6, 6.07) is 0. The smallest absolute Gasteiger partial charge is 0.155 e. The van der Waals surface area contributed by atoms with Gasteiger partial charge >= 0.3 is 0 Å². The van der Waals surface area contributed by atoms with Crippen molar-refractivity contribution in [1.82, 2.24) is 20.5 Å². The molecule has 0 aromatic carbocycles. The van der Waals surface area contributed by atoms with E-state index in [9.17, 15) is 0 Å². The lowest BCUT2D eigenvalue weighted by molar-refractivity contribution is 0.705. The molecular weight excluding hydrogens is 164 g/mol. The molecule has 1 aliphatic heterocycles. The Labute approximate surface area is 78.1 Å². The van der Waals surface area contributed by atoms with Crippen molar-refractivity contribution in [3.8, 4) is 0 Å². The van der Waals surface area contributed by atoms with E-state index in [1.165, 1.54) is 6.42 Å². The fraction of sp³-hybridized carbons (Fsp3) is 0.778. The van der Waals surface area contributed by atoms with Crippen molar-refractivity contribution in [1.29, 1.82) is 0 Å². The van der Waals surface area contributed by atoms with Crippen molar-refractivity contribution in [2.45, 2.75) is 32.1 Å². The minimum absolute atomic E-state index is 0.529. The molecule has 2 heterocycles. The number of H-pyrrole nitrogens is 1. The first-order valence-corrected chi connectivity index (χ1v) is 5.02. The van der Waals surface area contributed by atoms with Gasteiger partial charge in [-0.1, -0.05) is 6.92 Å². The normalized spacial score (nSPS) is 22.4. The first kappa shape index (κ1) is 8.69. The predicted octanol–water partition coefficient (Wildman–Crippen LogP) is 0.834. The molecule has 1 aliphatic rings. The maximum atomic E-state index is 4.48. The van der Waals surface area contributed by atoms with Crippen LogP contribution >= 0.6 is 0 Å². The summed E-state index contributed by atoms with van der Waals surface area (Å²) in [5, 5.41) is 10.6. The van der Waals surface area contributed by atoms with Crippen LogP contribution in [0.15, 0.2) is 0 Å². The standard InChI is InChI=1S/C9H16N4/c1-2-3-8-11-9(13-12-8)7-4-5-10-6-7/h7,10H,2-6H2,1H3,(H,11,12,13). The number of hydrogen-bond acceptors (Lipinski definition) is 3. The van der Waals surface area contributed by atoms with Crippen molar-refractivity contribution < 1.29 is 0 Å². The minimum atomic E-state index is 0.529. The third-order valence-corrected chi connectivity index (χ3v) is 2.46. The summed E-state index contributed by atoms with van der Waals surface area (Å²) in [4.78, 5) is 4.48. The molecule has 2 rings (SSSR count). The lowest BCUT2D eigenvalue weighted by Crippen LogP contribution is -2.08. The average molecular weight is 180 g/mol. The summed E-state index contributed by atoms with van der Waals surface area (Å²) < 4.78 is 0. The van der Waals surface area contributed by atoms with Crippen LogP contribution in [-0.2, 0) is 6.42 Å². The van der Waals surface area contributed by atoms with Gasteiger partial charge in [-0.05, 0) is 19.4 Å². The second-order valence-corrected chi connectivity index (χ2v) is 3.58. The summed E-state index contributed by atoms with van der Waals surface area (Å²) in [5.74, 6) is 2.56. The van der Waals surface area contributed by atoms with Crippen LogP contribution in [-0.4, -0.2) is 28.3 Å². The average Bonchev–Trinajstić information content (AvgIpc) is 2.70. The Morgan fingerprint density at radius 2 is 2.46 bits per heavy atom. The van der Waals surface area contributed by atoms with Crippen LogP contribution < -0.4 is 5.32 Å². The molecule has 1 saturated heterocycles. The lowest BCUT2D eigenvalue weighted by atomic mass is 10.1. The Hall–Kier alpha value is -0.900. The van der Waals surface area contributed by atoms with Gasteiger partial charge in [0, 0.05) is 18.9 Å². The summed E-state index contributed by atoms with van der Waals surface area (Å²) in [6.07, 6.45) is 3.30. The Morgan fingerprint density at radius 3 is 3.15 bits per heavy atom. The third kappa shape index (κ3) is 1.88. The van der Waals surface area contributed by atoms with Crippen molar-refractivity contribution in [3.63, 3.8) is 0 Å². The summed E-state index contributed by atoms with van der Waals surface area (Å²) in [5.41, 5.74) is 0. The molecule has 1 aromatic rings. The van der Waals surface area contributed by atoms with E-state index < -0.39 is 0 Å². The van der Waals surface area contributed by atoms with Crippen LogP contribution in [0.5, 0.6) is 0 Å². The number of aromatic nitrogens is 3. The molecule has 13 heavy (non-hydrogen) atoms. The van der Waals surface area contributed by atoms with Gasteiger partial charge in [0.05, 0.1) is 0 Å². The number of nitrogens with one attached hydrogen (secondary N) is 2. The van der Waals surface area contributed by atoms with Crippen LogP contribution in [0.1, 0.15) is 37.3 Å². The molecule has 2 N–H and O–H groups in total. The molecule has 0 bridgehead atoms. The van der Waals surface area contributed by atoms with E-state index in [0.717, 1.165) is 37.6 Å². The second kappa shape index (κ2) is 3.87. The van der Waals surface area contributed by atoms with Gasteiger partial charge < -0.3 is 5.32 Å². The van der Waals surface area contributed by atoms with Crippen LogP contribution in [0.25, 0.3) is 0 Å². The maximum Gasteiger partial charge on any atom is 0.155 e. The number of aryl methyl sites for hydroxylation is 1. The largest absolute Gasteiger partial charge is 0.316 e. The zero-order chi connectivity index (χ0) is 9.10. The Morgan fingerprint density at radius 1 is 1.54 bits per heavy atom. The van der Waals surface area contributed by atoms with Gasteiger partial charge in [0.1, 0.15) is 5.82 Å². The van der Waals surface area contributed by atoms with Gasteiger partial charge in [0.2, 0.25) is 0 Å². The van der Waals surface area contributed by atoms with Crippen LogP contribution in [0.3, 0.4) is 0 Å². The topological polar surface area (TPSA) is 53.6 Å². The molecule has 0 aliphatic carbocycles. The molecule has 72 valence electrons. The Kier molecular flexibility index (Phi) is 2.59. The summed E-state index contributed by atoms with van der Waals surface area (Å²) in [6.45, 7) is 4.28. The van der Waals surface area contributed by atoms with Gasteiger partial charge in [0.15, 0.2) is 5.82 Å². The molecule has 0 amide bonds. The molecule has 1 unspecified atom stereocenters. The van der Waals surface area contributed by atoms with Crippen molar-refractivity contribution in [2.24, 2.45) is 0 Å². The molecule has 4 nitrogen and oxygen atoms in total. The zero-order valence-corrected chi connectivity index (χ0v) is 8.01. The fourth-order valence-electron chi connectivity index (χ4n) is 1.72. The Bertz CT molecular complexity index is 262. The first-order chi connectivity index (χ1) is 6.40. The van der Waals surface area contributed by atoms with E-state index >= 15 is 0 Å². The highest BCUT2D eigenvalue weighted by Gasteiger charge is 2.20. The molecule has 0 spiro atoms. The van der Waals surface area contributed by atoms with Gasteiger partial charge in [-0.2, -0.15) is 5.10 Å². The van der Waals surface area contributed by atoms with Crippen molar-refractivity contribution in [3.05, 3.63) is 11.6 Å². The number of rotatable bonds is 3. The van der Waals surface area contributed by atoms with Crippen LogP contribution in [0.2, 0.25) is 0 Å². The van der Waals surface area contributed by atoms with E-state index in [1.807, 2.05) is 0 Å². The van der Waals surface area contributed by atoms with Gasteiger partial charge in [0.25, 0.3) is 0 Å². The molecule has 0 saturated carbocycles. The highest BCUT2D eigenvalue weighted by atomic mass is 15.2. The Balaban J connectivity index is 2.03. The molecular formula is C9H16N4. The molecule has 1 fully saturated rings. The predicted molar refractivity (Wildman–Crippen MR) is 50.6 cm³/mol. The monoisotopic (exact) mass is 180 g/mol. The molecule has 0 radical (unpaired) electrons. The number of nitrogens with zero attached hydrogens (tertiary/aromatic N) is 2. The number of hydrogen-bond donors (Lipinski definition) is 2. The van der Waals surface area contributed by atoms with Gasteiger partial charge in [-0.25, -0.2) is 4.98 Å². The van der Waals surface area contributed by atoms with Gasteiger partial charge in [-0.15, -0.1) is 0 Å². The summed E-state index contributed by atoms with van der Waals surface area (Å²) in [7, 11) is 0. The first-order valence-electron chi connectivity index (χ1n) is 5.02. The van der Waals surface area contributed by atoms with Crippen LogP contribution in [0.4, 0.5) is 0 Å². The van der Waals surface area contributed by atoms with E-state index in [0.29, 0.717) is 5.92 Å².